The van der Waals surface area contributed by atoms with Crippen LogP contribution in [0.2, 0.25) is 5.02 Å². The van der Waals surface area contributed by atoms with E-state index in [-0.39, 0.29) is 5.91 Å². The van der Waals surface area contributed by atoms with Gasteiger partial charge in [0.2, 0.25) is 5.91 Å². The summed E-state index contributed by atoms with van der Waals surface area (Å²) < 4.78 is 5.68. The van der Waals surface area contributed by atoms with Gasteiger partial charge in [0.15, 0.2) is 0 Å². The van der Waals surface area contributed by atoms with Gasteiger partial charge in [-0.15, -0.1) is 0 Å². The van der Waals surface area contributed by atoms with E-state index in [4.69, 9.17) is 16.3 Å². The Bertz CT molecular complexity index is 645. The fraction of sp³-hybridized carbons (Fsp3) is 0.333. The summed E-state index contributed by atoms with van der Waals surface area (Å²) in [5.74, 6) is 1.09. The Labute approximate surface area is 141 Å². The SMILES string of the molecule is CC(C)CCC(=O)Nc1ccc(OCc2cccnc2)c(Cl)c1. The zero-order valence-corrected chi connectivity index (χ0v) is 14.1. The first-order chi connectivity index (χ1) is 11.0. The quantitative estimate of drug-likeness (QED) is 0.800. The number of nitrogens with one attached hydrogen (secondary N) is 1. The number of benzene rings is 1. The molecule has 0 aliphatic carbocycles. The summed E-state index contributed by atoms with van der Waals surface area (Å²) >= 11 is 6.21. The molecule has 0 fully saturated rings. The molecule has 2 aromatic rings. The summed E-state index contributed by atoms with van der Waals surface area (Å²) in [6.45, 7) is 4.59. The van der Waals surface area contributed by atoms with Crippen LogP contribution in [0.5, 0.6) is 5.75 Å². The highest BCUT2D eigenvalue weighted by Crippen LogP contribution is 2.28. The van der Waals surface area contributed by atoms with E-state index >= 15 is 0 Å². The first kappa shape index (κ1) is 17.3. The molecule has 1 aromatic heterocycles. The second-order valence-corrected chi connectivity index (χ2v) is 6.18. The summed E-state index contributed by atoms with van der Waals surface area (Å²) in [6.07, 6.45) is 4.84. The highest BCUT2D eigenvalue weighted by Gasteiger charge is 2.07. The first-order valence-corrected chi connectivity index (χ1v) is 8.03. The number of pyridine rings is 1. The minimum absolute atomic E-state index is 0.00112. The van der Waals surface area contributed by atoms with Crippen LogP contribution >= 0.6 is 11.6 Å². The van der Waals surface area contributed by atoms with Crippen LogP contribution in [-0.2, 0) is 11.4 Å². The van der Waals surface area contributed by atoms with Gasteiger partial charge < -0.3 is 10.1 Å². The molecule has 1 heterocycles. The molecule has 4 nitrogen and oxygen atoms in total. The third kappa shape index (κ3) is 5.91. The number of anilines is 1. The Morgan fingerprint density at radius 3 is 2.83 bits per heavy atom. The zero-order valence-electron chi connectivity index (χ0n) is 13.4. The van der Waals surface area contributed by atoms with Crippen LogP contribution in [0.25, 0.3) is 0 Å². The van der Waals surface area contributed by atoms with Crippen molar-refractivity contribution in [1.82, 2.24) is 4.98 Å². The predicted molar refractivity (Wildman–Crippen MR) is 92.7 cm³/mol. The molecule has 2 rings (SSSR count). The van der Waals surface area contributed by atoms with E-state index in [1.165, 1.54) is 0 Å². The summed E-state index contributed by atoms with van der Waals surface area (Å²) in [7, 11) is 0. The first-order valence-electron chi connectivity index (χ1n) is 7.65. The van der Waals surface area contributed by atoms with Crippen molar-refractivity contribution in [3.05, 3.63) is 53.3 Å². The van der Waals surface area contributed by atoms with Crippen molar-refractivity contribution in [1.29, 1.82) is 0 Å². The van der Waals surface area contributed by atoms with Crippen LogP contribution in [-0.4, -0.2) is 10.9 Å². The number of carbonyl (C=O) groups excluding carboxylic acids is 1. The van der Waals surface area contributed by atoms with E-state index in [0.29, 0.717) is 35.4 Å². The number of ether oxygens (including phenoxy) is 1. The third-order valence-corrected chi connectivity index (χ3v) is 3.58. The largest absolute Gasteiger partial charge is 0.487 e. The minimum Gasteiger partial charge on any atom is -0.487 e. The summed E-state index contributed by atoms with van der Waals surface area (Å²) in [5.41, 5.74) is 1.65. The van der Waals surface area contributed by atoms with Crippen LogP contribution in [0.15, 0.2) is 42.7 Å². The Morgan fingerprint density at radius 1 is 1.35 bits per heavy atom. The molecule has 0 unspecified atom stereocenters. The number of aromatic nitrogens is 1. The van der Waals surface area contributed by atoms with Crippen LogP contribution in [0.1, 0.15) is 32.3 Å². The van der Waals surface area contributed by atoms with Crippen molar-refractivity contribution in [3.63, 3.8) is 0 Å². The van der Waals surface area contributed by atoms with Gasteiger partial charge in [0.25, 0.3) is 0 Å². The maximum Gasteiger partial charge on any atom is 0.224 e. The Hall–Kier alpha value is -2.07. The molecular formula is C18H21ClN2O2. The van der Waals surface area contributed by atoms with Gasteiger partial charge in [-0.05, 0) is 36.6 Å². The lowest BCUT2D eigenvalue weighted by Gasteiger charge is -2.11. The molecule has 1 aromatic carbocycles. The lowest BCUT2D eigenvalue weighted by molar-refractivity contribution is -0.116. The molecular weight excluding hydrogens is 312 g/mol. The zero-order chi connectivity index (χ0) is 16.7. The van der Waals surface area contributed by atoms with Gasteiger partial charge in [0, 0.05) is 30.1 Å². The third-order valence-electron chi connectivity index (χ3n) is 3.28. The molecule has 0 bridgehead atoms. The number of nitrogens with zero attached hydrogens (tertiary/aromatic N) is 1. The molecule has 0 saturated heterocycles. The van der Waals surface area contributed by atoms with Crippen molar-refractivity contribution in [2.75, 3.05) is 5.32 Å². The van der Waals surface area contributed by atoms with Crippen molar-refractivity contribution in [2.45, 2.75) is 33.3 Å². The molecule has 5 heteroatoms. The molecule has 0 aliphatic heterocycles. The van der Waals surface area contributed by atoms with Crippen LogP contribution < -0.4 is 10.1 Å². The van der Waals surface area contributed by atoms with Crippen LogP contribution in [0, 0.1) is 5.92 Å². The Morgan fingerprint density at radius 2 is 2.17 bits per heavy atom. The number of hydrogen-bond donors (Lipinski definition) is 1. The van der Waals surface area contributed by atoms with Gasteiger partial charge in [-0.1, -0.05) is 31.5 Å². The maximum absolute atomic E-state index is 11.8. The predicted octanol–water partition coefficient (Wildman–Crippen LogP) is 4.69. The van der Waals surface area contributed by atoms with Gasteiger partial charge in [-0.25, -0.2) is 0 Å². The van der Waals surface area contributed by atoms with E-state index in [1.807, 2.05) is 12.1 Å². The summed E-state index contributed by atoms with van der Waals surface area (Å²) in [5, 5.41) is 3.32. The molecule has 1 N–H and O–H groups in total. The van der Waals surface area contributed by atoms with Crippen LogP contribution in [0.4, 0.5) is 5.69 Å². The minimum atomic E-state index is -0.00112. The maximum atomic E-state index is 11.8. The normalized spacial score (nSPS) is 10.6. The standard InChI is InChI=1S/C18H21ClN2O2/c1-13(2)5-8-18(22)21-15-6-7-17(16(19)10-15)23-12-14-4-3-9-20-11-14/h3-4,6-7,9-11,13H,5,8,12H2,1-2H3,(H,21,22). The van der Waals surface area contributed by atoms with E-state index in [9.17, 15) is 4.79 Å². The van der Waals surface area contributed by atoms with Gasteiger partial charge in [-0.2, -0.15) is 0 Å². The molecule has 0 spiro atoms. The Balaban J connectivity index is 1.91. The number of hydrogen-bond acceptors (Lipinski definition) is 3. The smallest absolute Gasteiger partial charge is 0.224 e. The summed E-state index contributed by atoms with van der Waals surface area (Å²) in [6, 6.07) is 9.04. The van der Waals surface area contributed by atoms with E-state index in [1.54, 1.807) is 30.6 Å². The lowest BCUT2D eigenvalue weighted by Crippen LogP contribution is -2.12. The van der Waals surface area contributed by atoms with Gasteiger partial charge in [0.1, 0.15) is 12.4 Å². The number of halogens is 1. The van der Waals surface area contributed by atoms with Gasteiger partial charge in [0.05, 0.1) is 5.02 Å². The molecule has 23 heavy (non-hydrogen) atoms. The molecule has 0 saturated carbocycles. The molecule has 1 amide bonds. The fourth-order valence-electron chi connectivity index (χ4n) is 1.98. The lowest BCUT2D eigenvalue weighted by atomic mass is 10.1. The van der Waals surface area contributed by atoms with E-state index in [0.717, 1.165) is 12.0 Å². The molecule has 0 atom stereocenters. The monoisotopic (exact) mass is 332 g/mol. The van der Waals surface area contributed by atoms with Gasteiger partial charge in [-0.3, -0.25) is 9.78 Å². The fourth-order valence-corrected chi connectivity index (χ4v) is 2.22. The van der Waals surface area contributed by atoms with Crippen LogP contribution in [0.3, 0.4) is 0 Å². The van der Waals surface area contributed by atoms with Crippen molar-refractivity contribution in [3.8, 4) is 5.75 Å². The Kier molecular flexibility index (Phi) is 6.41. The number of carbonyl (C=O) groups is 1. The number of amides is 1. The average Bonchev–Trinajstić information content (AvgIpc) is 2.53. The summed E-state index contributed by atoms with van der Waals surface area (Å²) in [4.78, 5) is 15.9. The van der Waals surface area contributed by atoms with Gasteiger partial charge >= 0.3 is 0 Å². The van der Waals surface area contributed by atoms with Crippen molar-refractivity contribution >= 4 is 23.2 Å². The second kappa shape index (κ2) is 8.53. The average molecular weight is 333 g/mol. The van der Waals surface area contributed by atoms with E-state index < -0.39 is 0 Å². The molecule has 0 aliphatic rings. The topological polar surface area (TPSA) is 51.2 Å². The van der Waals surface area contributed by atoms with Crippen molar-refractivity contribution in [2.24, 2.45) is 5.92 Å². The molecule has 122 valence electrons. The highest BCUT2D eigenvalue weighted by atomic mass is 35.5. The molecule has 0 radical (unpaired) electrons. The second-order valence-electron chi connectivity index (χ2n) is 5.78. The number of rotatable bonds is 7. The van der Waals surface area contributed by atoms with E-state index in [2.05, 4.69) is 24.1 Å². The van der Waals surface area contributed by atoms with Crippen molar-refractivity contribution < 1.29 is 9.53 Å². The highest BCUT2D eigenvalue weighted by molar-refractivity contribution is 6.32.